The predicted octanol–water partition coefficient (Wildman–Crippen LogP) is 6.06. The second kappa shape index (κ2) is 13.3. The van der Waals surface area contributed by atoms with Crippen molar-refractivity contribution in [2.45, 2.75) is 49.0 Å². The van der Waals surface area contributed by atoms with Crippen LogP contribution < -0.4 is 0 Å². The van der Waals surface area contributed by atoms with E-state index in [0.717, 1.165) is 30.7 Å². The number of rotatable bonds is 15. The van der Waals surface area contributed by atoms with E-state index >= 15 is 0 Å². The molecule has 0 radical (unpaired) electrons. The molecule has 0 fully saturated rings. The summed E-state index contributed by atoms with van der Waals surface area (Å²) in [6, 6.07) is 0. The van der Waals surface area contributed by atoms with E-state index in [-0.39, 0.29) is 0 Å². The molecule has 0 unspecified atom stereocenters. The van der Waals surface area contributed by atoms with Crippen molar-refractivity contribution >= 4 is 10.1 Å². The molecule has 200 valence electrons. The maximum absolute atomic E-state index is 12.9. The van der Waals surface area contributed by atoms with Crippen LogP contribution in [0.5, 0.6) is 0 Å². The number of nitrogens with zero attached hydrogens (tertiary/aromatic N) is 1. The largest absolute Gasteiger partial charge is 0.743 e. The fourth-order valence-electron chi connectivity index (χ4n) is 2.74. The summed E-state index contributed by atoms with van der Waals surface area (Å²) in [6.45, 7) is 18.8. The van der Waals surface area contributed by atoms with Crippen molar-refractivity contribution < 1.29 is 57.0 Å². The van der Waals surface area contributed by atoms with Crippen LogP contribution in [0.3, 0.4) is 0 Å². The van der Waals surface area contributed by atoms with Crippen LogP contribution in [0.1, 0.15) is 25.7 Å². The molecule has 14 heteroatoms. The lowest BCUT2D eigenvalue weighted by Crippen LogP contribution is -2.57. The molecular weight excluding hydrogens is 505 g/mol. The summed E-state index contributed by atoms with van der Waals surface area (Å²) in [7, 11) is -7.09. The molecule has 0 bridgehead atoms. The van der Waals surface area contributed by atoms with Crippen LogP contribution in [0.2, 0.25) is 0 Å². The highest BCUT2D eigenvalue weighted by Gasteiger charge is 2.74. The van der Waals surface area contributed by atoms with Gasteiger partial charge in [0, 0.05) is 12.8 Å². The van der Waals surface area contributed by atoms with Crippen molar-refractivity contribution in [2.24, 2.45) is 0 Å². The highest BCUT2D eigenvalue weighted by Crippen LogP contribution is 2.50. The lowest BCUT2D eigenvalue weighted by Gasteiger charge is -2.35. The molecule has 0 aromatic rings. The molecule has 0 saturated heterocycles. The summed E-state index contributed by atoms with van der Waals surface area (Å²) in [4.78, 5) is 0. The molecule has 34 heavy (non-hydrogen) atoms. The van der Waals surface area contributed by atoms with Gasteiger partial charge in [-0.3, -0.25) is 0 Å². The van der Waals surface area contributed by atoms with Gasteiger partial charge in [-0.25, -0.2) is 8.42 Å². The van der Waals surface area contributed by atoms with E-state index in [1.54, 1.807) is 0 Å². The number of alkyl halides is 9. The van der Waals surface area contributed by atoms with E-state index in [1.165, 1.54) is 0 Å². The topological polar surface area (TPSA) is 57.2 Å². The van der Waals surface area contributed by atoms with E-state index in [2.05, 4.69) is 26.3 Å². The van der Waals surface area contributed by atoms with Crippen LogP contribution in [0.15, 0.2) is 50.6 Å². The minimum Gasteiger partial charge on any atom is -0.743 e. The van der Waals surface area contributed by atoms with Crippen LogP contribution in [0.4, 0.5) is 39.5 Å². The SMILES string of the molecule is C=CC[N+](CC=C)(CC=C)CC=C.O=S(=O)([O-])C(F)(F)C(F)(F)C(F)(F)CCCCC(F)(F)F. The first-order valence-corrected chi connectivity index (χ1v) is 11.1. The third-order valence-corrected chi connectivity index (χ3v) is 5.29. The lowest BCUT2D eigenvalue weighted by atomic mass is 10.0. The Kier molecular flexibility index (Phi) is 13.5. The highest BCUT2D eigenvalue weighted by molar-refractivity contribution is 7.86. The van der Waals surface area contributed by atoms with Crippen molar-refractivity contribution in [3.63, 3.8) is 0 Å². The number of quaternary nitrogens is 1. The predicted molar refractivity (Wildman–Crippen MR) is 110 cm³/mol. The normalized spacial score (nSPS) is 13.5. The second-order valence-electron chi connectivity index (χ2n) is 7.30. The number of unbranched alkanes of at least 4 members (excludes halogenated alkanes) is 1. The Balaban J connectivity index is 0. The molecule has 0 aliphatic heterocycles. The van der Waals surface area contributed by atoms with Crippen LogP contribution in [-0.4, -0.2) is 66.9 Å². The fourth-order valence-corrected chi connectivity index (χ4v) is 3.21. The zero-order valence-corrected chi connectivity index (χ0v) is 19.1. The maximum Gasteiger partial charge on any atom is 0.402 e. The van der Waals surface area contributed by atoms with Gasteiger partial charge in [0.15, 0.2) is 10.1 Å². The van der Waals surface area contributed by atoms with Gasteiger partial charge in [0.25, 0.3) is 0 Å². The van der Waals surface area contributed by atoms with Crippen LogP contribution in [0.25, 0.3) is 0 Å². The third kappa shape index (κ3) is 10.2. The number of hydrogen-bond donors (Lipinski definition) is 0. The van der Waals surface area contributed by atoms with Crippen molar-refractivity contribution in [3.05, 3.63) is 50.6 Å². The molecule has 0 rings (SSSR count). The number of halogens is 9. The zero-order valence-electron chi connectivity index (χ0n) is 18.3. The van der Waals surface area contributed by atoms with Gasteiger partial charge in [-0.15, -0.1) is 0 Å². The van der Waals surface area contributed by atoms with Crippen LogP contribution in [-0.2, 0) is 10.1 Å². The molecule has 0 aromatic carbocycles. The van der Waals surface area contributed by atoms with Gasteiger partial charge in [-0.05, 0) is 37.1 Å². The van der Waals surface area contributed by atoms with E-state index in [9.17, 15) is 52.5 Å². The van der Waals surface area contributed by atoms with Crippen molar-refractivity contribution in [3.8, 4) is 0 Å². The van der Waals surface area contributed by atoms with E-state index in [1.807, 2.05) is 24.3 Å². The van der Waals surface area contributed by atoms with Crippen molar-refractivity contribution in [1.82, 2.24) is 0 Å². The van der Waals surface area contributed by atoms with Crippen LogP contribution >= 0.6 is 0 Å². The van der Waals surface area contributed by atoms with Gasteiger partial charge < -0.3 is 9.04 Å². The van der Waals surface area contributed by atoms with Crippen LogP contribution in [0, 0.1) is 0 Å². The third-order valence-electron chi connectivity index (χ3n) is 4.41. The van der Waals surface area contributed by atoms with Gasteiger partial charge in [0.1, 0.15) is 0 Å². The molecule has 0 heterocycles. The molecule has 0 spiro atoms. The summed E-state index contributed by atoms with van der Waals surface area (Å²) in [5, 5.41) is -6.59. The maximum atomic E-state index is 12.9. The van der Waals surface area contributed by atoms with E-state index < -0.39 is 59.1 Å². The molecule has 0 aliphatic rings. The molecular formula is C20H28F9NO3S. The summed E-state index contributed by atoms with van der Waals surface area (Å²) in [6.07, 6.45) is -3.01. The fraction of sp³-hybridized carbons (Fsp3) is 0.600. The Morgan fingerprint density at radius 3 is 1.26 bits per heavy atom. The van der Waals surface area contributed by atoms with E-state index in [4.69, 9.17) is 0 Å². The molecule has 0 amide bonds. The summed E-state index contributed by atoms with van der Waals surface area (Å²) in [5.74, 6) is -12.2. The molecule has 0 aliphatic carbocycles. The molecule has 0 N–H and O–H groups in total. The smallest absolute Gasteiger partial charge is 0.402 e. The Bertz CT molecular complexity index is 733. The molecule has 4 nitrogen and oxygen atoms in total. The lowest BCUT2D eigenvalue weighted by molar-refractivity contribution is -0.906. The Morgan fingerprint density at radius 2 is 1.00 bits per heavy atom. The molecule has 0 saturated carbocycles. The summed E-state index contributed by atoms with van der Waals surface area (Å²) in [5.41, 5.74) is 0. The van der Waals surface area contributed by atoms with Gasteiger partial charge in [0.2, 0.25) is 0 Å². The summed E-state index contributed by atoms with van der Waals surface area (Å²) < 4.78 is 142. The minimum absolute atomic E-state index is 0.903. The van der Waals surface area contributed by atoms with Gasteiger partial charge in [0.05, 0.1) is 26.2 Å². The quantitative estimate of drug-likeness (QED) is 0.0845. The first-order chi connectivity index (χ1) is 15.2. The highest BCUT2D eigenvalue weighted by atomic mass is 32.2. The molecule has 0 atom stereocenters. The number of hydrogen-bond acceptors (Lipinski definition) is 3. The van der Waals surface area contributed by atoms with Crippen molar-refractivity contribution in [1.29, 1.82) is 0 Å². The van der Waals surface area contributed by atoms with Gasteiger partial charge in [-0.2, -0.15) is 39.5 Å². The molecule has 0 aromatic heterocycles. The average Bonchev–Trinajstić information content (AvgIpc) is 2.65. The summed E-state index contributed by atoms with van der Waals surface area (Å²) >= 11 is 0. The standard InChI is InChI=1S/C12H20N.C8H9F9O3S/c1-5-9-13(10-6-2,11-7-3)12-8-4;9-5(10,3-1-2-4-6(11,12)13)7(14,15)8(16,17)21(18,19)20/h5-8H,1-4,9-12H2;1-4H2,(H,18,19,20)/q+1;/p-1. The van der Waals surface area contributed by atoms with E-state index in [0.29, 0.717) is 0 Å². The van der Waals surface area contributed by atoms with Gasteiger partial charge in [-0.1, -0.05) is 26.3 Å². The second-order valence-corrected chi connectivity index (χ2v) is 8.72. The zero-order chi connectivity index (χ0) is 27.5. The Morgan fingerprint density at radius 1 is 0.676 bits per heavy atom. The Hall–Kier alpha value is -1.80. The first-order valence-electron chi connectivity index (χ1n) is 9.64. The minimum atomic E-state index is -7.09. The monoisotopic (exact) mass is 533 g/mol. The Labute approximate surface area is 193 Å². The average molecular weight is 533 g/mol. The first kappa shape index (κ1) is 34.4. The van der Waals surface area contributed by atoms with Gasteiger partial charge >= 0.3 is 23.3 Å². The van der Waals surface area contributed by atoms with Crippen molar-refractivity contribution in [2.75, 3.05) is 26.2 Å².